The first-order chi connectivity index (χ1) is 14.5. The Morgan fingerprint density at radius 3 is 3.03 bits per heavy atom. The normalized spacial score (nSPS) is 22.0. The van der Waals surface area contributed by atoms with E-state index in [1.807, 2.05) is 14.1 Å². The Balaban J connectivity index is 1.65. The fourth-order valence-electron chi connectivity index (χ4n) is 4.38. The van der Waals surface area contributed by atoms with Crippen LogP contribution in [0.1, 0.15) is 18.5 Å². The van der Waals surface area contributed by atoms with E-state index in [9.17, 15) is 9.18 Å². The molecule has 156 valence electrons. The summed E-state index contributed by atoms with van der Waals surface area (Å²) in [5.41, 5.74) is 2.82. The zero-order valence-electron chi connectivity index (χ0n) is 16.9. The minimum atomic E-state index is -0.366. The topological polar surface area (TPSA) is 85.2 Å². The number of nitrogens with zero attached hydrogens (tertiary/aromatic N) is 5. The van der Waals surface area contributed by atoms with Crippen molar-refractivity contribution in [3.63, 3.8) is 0 Å². The molecule has 0 saturated carbocycles. The molecule has 1 N–H and O–H groups in total. The molecular formula is C21H23FN6O2. The summed E-state index contributed by atoms with van der Waals surface area (Å²) in [5.74, 6) is -0.308. The summed E-state index contributed by atoms with van der Waals surface area (Å²) in [5, 5.41) is 8.61. The van der Waals surface area contributed by atoms with Gasteiger partial charge < -0.3 is 15.0 Å². The molecule has 3 aromatic rings. The van der Waals surface area contributed by atoms with Crippen molar-refractivity contribution in [3.05, 3.63) is 35.9 Å². The molecule has 2 aliphatic rings. The molecule has 2 unspecified atom stereocenters. The summed E-state index contributed by atoms with van der Waals surface area (Å²) >= 11 is 0. The molecule has 1 fully saturated rings. The summed E-state index contributed by atoms with van der Waals surface area (Å²) in [6.45, 7) is 1.17. The molecule has 1 aromatic carbocycles. The van der Waals surface area contributed by atoms with Gasteiger partial charge in [-0.2, -0.15) is 10.1 Å². The number of hydrogen-bond acceptors (Lipinski definition) is 6. The lowest BCUT2D eigenvalue weighted by molar-refractivity contribution is -0.131. The quantitative estimate of drug-likeness (QED) is 0.607. The van der Waals surface area contributed by atoms with Gasteiger partial charge in [-0.05, 0) is 25.0 Å². The molecule has 0 aliphatic carbocycles. The van der Waals surface area contributed by atoms with Crippen molar-refractivity contribution < 1.29 is 13.9 Å². The molecule has 0 radical (unpaired) electrons. The number of aryl methyl sites for hydroxylation is 2. The molecule has 2 aromatic heterocycles. The Kier molecular flexibility index (Phi) is 4.62. The van der Waals surface area contributed by atoms with Crippen molar-refractivity contribution in [2.24, 2.45) is 7.05 Å². The van der Waals surface area contributed by atoms with Gasteiger partial charge in [0.15, 0.2) is 0 Å². The van der Waals surface area contributed by atoms with Crippen molar-refractivity contribution in [2.75, 3.05) is 20.1 Å². The minimum absolute atomic E-state index is 0.0586. The zero-order valence-corrected chi connectivity index (χ0v) is 16.9. The van der Waals surface area contributed by atoms with Crippen LogP contribution >= 0.6 is 0 Å². The highest BCUT2D eigenvalue weighted by molar-refractivity contribution is 5.96. The molecule has 30 heavy (non-hydrogen) atoms. The largest absolute Gasteiger partial charge is 0.459 e. The molecule has 1 amide bonds. The first kappa shape index (κ1) is 18.9. The van der Waals surface area contributed by atoms with Crippen LogP contribution in [0, 0.1) is 5.82 Å². The van der Waals surface area contributed by atoms with Gasteiger partial charge in [0.05, 0.1) is 17.3 Å². The number of carbonyl (C=O) groups is 1. The van der Waals surface area contributed by atoms with Crippen LogP contribution in [0.3, 0.4) is 0 Å². The second-order valence-electron chi connectivity index (χ2n) is 7.94. The highest BCUT2D eigenvalue weighted by Gasteiger charge is 2.33. The lowest BCUT2D eigenvalue weighted by Gasteiger charge is -2.21. The average molecular weight is 410 g/mol. The highest BCUT2D eigenvalue weighted by Crippen LogP contribution is 2.32. The third-order valence-electron chi connectivity index (χ3n) is 5.87. The predicted molar refractivity (Wildman–Crippen MR) is 108 cm³/mol. The van der Waals surface area contributed by atoms with Crippen LogP contribution in [0.4, 0.5) is 4.39 Å². The van der Waals surface area contributed by atoms with Gasteiger partial charge in [-0.3, -0.25) is 9.48 Å². The standard InChI is InChI=1S/C21H23FN6O2/c1-27-7-3-4-18-19-14(8-12(22)9-16(19)26-28(18)2)15-5-6-23-21(25-15)30-13-10-17(20(27)29)24-11-13/h5-6,8-9,13,17,24H,3-4,7,10-11H2,1-2H3. The molecule has 1 saturated heterocycles. The van der Waals surface area contributed by atoms with E-state index in [-0.39, 0.29) is 29.9 Å². The van der Waals surface area contributed by atoms with Crippen LogP contribution in [0.2, 0.25) is 0 Å². The zero-order chi connectivity index (χ0) is 20.8. The number of hydrogen-bond donors (Lipinski definition) is 1. The van der Waals surface area contributed by atoms with Crippen LogP contribution < -0.4 is 10.1 Å². The summed E-state index contributed by atoms with van der Waals surface area (Å²) in [7, 11) is 3.68. The van der Waals surface area contributed by atoms with Gasteiger partial charge in [0.2, 0.25) is 5.91 Å². The number of halogens is 1. The second-order valence-corrected chi connectivity index (χ2v) is 7.94. The first-order valence-electron chi connectivity index (χ1n) is 10.1. The monoisotopic (exact) mass is 410 g/mol. The minimum Gasteiger partial charge on any atom is -0.459 e. The van der Waals surface area contributed by atoms with Gasteiger partial charge in [-0.1, -0.05) is 0 Å². The number of carbonyl (C=O) groups excluding carboxylic acids is 1. The van der Waals surface area contributed by atoms with Crippen LogP contribution in [0.5, 0.6) is 6.01 Å². The molecule has 8 nitrogen and oxygen atoms in total. The van der Waals surface area contributed by atoms with Crippen LogP contribution in [0.15, 0.2) is 24.4 Å². The van der Waals surface area contributed by atoms with Gasteiger partial charge in [0.1, 0.15) is 11.9 Å². The number of amides is 1. The molecule has 5 rings (SSSR count). The Labute approximate surface area is 173 Å². The van der Waals surface area contributed by atoms with Crippen molar-refractivity contribution in [1.29, 1.82) is 0 Å². The van der Waals surface area contributed by atoms with E-state index in [1.165, 1.54) is 12.1 Å². The highest BCUT2D eigenvalue weighted by atomic mass is 19.1. The van der Waals surface area contributed by atoms with Gasteiger partial charge in [-0.15, -0.1) is 0 Å². The third kappa shape index (κ3) is 3.28. The summed E-state index contributed by atoms with van der Waals surface area (Å²) < 4.78 is 22.1. The van der Waals surface area contributed by atoms with Gasteiger partial charge in [-0.25, -0.2) is 9.37 Å². The maximum absolute atomic E-state index is 14.4. The number of rotatable bonds is 0. The second kappa shape index (κ2) is 7.32. The average Bonchev–Trinajstić information content (AvgIpc) is 3.30. The molecule has 9 heteroatoms. The molecule has 2 atom stereocenters. The van der Waals surface area contributed by atoms with Gasteiger partial charge in [0.25, 0.3) is 0 Å². The number of ether oxygens (including phenoxy) is 1. The van der Waals surface area contributed by atoms with E-state index in [0.29, 0.717) is 42.7 Å². The van der Waals surface area contributed by atoms with E-state index < -0.39 is 0 Å². The number of fused-ring (bicyclic) bond motifs is 5. The Morgan fingerprint density at radius 1 is 1.30 bits per heavy atom. The SMILES string of the molecule is CN1CCCc2c3c(cc(F)cc3nn2C)-c2ccnc(n2)OC2CNC(C2)C1=O. The fourth-order valence-corrected chi connectivity index (χ4v) is 4.38. The van der Waals surface area contributed by atoms with E-state index >= 15 is 0 Å². The van der Waals surface area contributed by atoms with E-state index in [0.717, 1.165) is 17.5 Å². The van der Waals surface area contributed by atoms with Crippen LogP contribution in [-0.4, -0.2) is 62.8 Å². The lowest BCUT2D eigenvalue weighted by atomic mass is 10.0. The Morgan fingerprint density at radius 2 is 2.17 bits per heavy atom. The van der Waals surface area contributed by atoms with Crippen molar-refractivity contribution >= 4 is 16.8 Å². The van der Waals surface area contributed by atoms with Crippen molar-refractivity contribution in [3.8, 4) is 17.3 Å². The van der Waals surface area contributed by atoms with E-state index in [2.05, 4.69) is 20.4 Å². The summed E-state index contributed by atoms with van der Waals surface area (Å²) in [6.07, 6.45) is 3.45. The predicted octanol–water partition coefficient (Wildman–Crippen LogP) is 1.68. The molecular weight excluding hydrogens is 387 g/mol. The Hall–Kier alpha value is -3.07. The Bertz CT molecular complexity index is 1130. The van der Waals surface area contributed by atoms with Crippen molar-refractivity contribution in [1.82, 2.24) is 30.0 Å². The number of nitrogens with one attached hydrogen (secondary N) is 1. The lowest BCUT2D eigenvalue weighted by Crippen LogP contribution is -2.42. The van der Waals surface area contributed by atoms with E-state index in [4.69, 9.17) is 4.74 Å². The van der Waals surface area contributed by atoms with Gasteiger partial charge in [0, 0.05) is 62.5 Å². The summed E-state index contributed by atoms with van der Waals surface area (Å²) in [4.78, 5) is 23.3. The van der Waals surface area contributed by atoms with Gasteiger partial charge >= 0.3 is 6.01 Å². The maximum Gasteiger partial charge on any atom is 0.317 e. The number of likely N-dealkylation sites (N-methyl/N-ethyl adjacent to an activating group) is 1. The molecule has 4 heterocycles. The smallest absolute Gasteiger partial charge is 0.317 e. The number of benzene rings is 1. The third-order valence-corrected chi connectivity index (χ3v) is 5.87. The van der Waals surface area contributed by atoms with Crippen LogP contribution in [-0.2, 0) is 18.3 Å². The number of aromatic nitrogens is 4. The van der Waals surface area contributed by atoms with Crippen molar-refractivity contribution in [2.45, 2.75) is 31.4 Å². The first-order valence-corrected chi connectivity index (χ1v) is 10.1. The van der Waals surface area contributed by atoms with Crippen LogP contribution in [0.25, 0.3) is 22.2 Å². The fraction of sp³-hybridized carbons (Fsp3) is 0.429. The van der Waals surface area contributed by atoms with E-state index in [1.54, 1.807) is 21.8 Å². The molecule has 0 spiro atoms. The maximum atomic E-state index is 14.4. The summed E-state index contributed by atoms with van der Waals surface area (Å²) in [6, 6.07) is 4.63. The molecule has 2 aliphatic heterocycles. The molecule has 4 bridgehead atoms.